The van der Waals surface area contributed by atoms with Crippen LogP contribution in [0.15, 0.2) is 131 Å². The molecule has 13 heteroatoms. The highest BCUT2D eigenvalue weighted by molar-refractivity contribution is 5.96. The molecular weight excluding hydrogens is 698 g/mol. The highest BCUT2D eigenvalue weighted by Crippen LogP contribution is 2.44. The number of phenols is 2. The van der Waals surface area contributed by atoms with Gasteiger partial charge in [-0.05, 0) is 47.5 Å². The summed E-state index contributed by atoms with van der Waals surface area (Å²) in [5.41, 5.74) is 1.51. The third kappa shape index (κ3) is 7.70. The van der Waals surface area contributed by atoms with Crippen LogP contribution in [0.1, 0.15) is 11.1 Å². The van der Waals surface area contributed by atoms with E-state index < -0.39 is 47.8 Å². The summed E-state index contributed by atoms with van der Waals surface area (Å²) in [5.74, 6) is -1.72. The number of rotatable bonds is 11. The number of hydrogen-bond acceptors (Lipinski definition) is 12. The van der Waals surface area contributed by atoms with Gasteiger partial charge < -0.3 is 54.2 Å². The molecule has 1 aliphatic heterocycles. The summed E-state index contributed by atoms with van der Waals surface area (Å²) in [6.45, 7) is 0.277. The number of carbonyl (C=O) groups is 1. The minimum absolute atomic E-state index is 0.00705. The van der Waals surface area contributed by atoms with Crippen LogP contribution in [0.3, 0.4) is 0 Å². The Kier molecular flexibility index (Phi) is 10.5. The van der Waals surface area contributed by atoms with Crippen molar-refractivity contribution in [2.75, 3.05) is 5.32 Å². The molecule has 5 atom stereocenters. The van der Waals surface area contributed by atoms with Gasteiger partial charge in [0.25, 0.3) is 5.91 Å². The number of para-hydroxylation sites is 2. The van der Waals surface area contributed by atoms with Gasteiger partial charge in [-0.25, -0.2) is 0 Å². The van der Waals surface area contributed by atoms with Gasteiger partial charge >= 0.3 is 0 Å². The van der Waals surface area contributed by atoms with Crippen molar-refractivity contribution < 1.29 is 53.7 Å². The molecule has 0 aliphatic carbocycles. The van der Waals surface area contributed by atoms with Crippen molar-refractivity contribution in [1.82, 2.24) is 0 Å². The number of aromatic hydroxyl groups is 2. The highest BCUT2D eigenvalue weighted by atomic mass is 16.7. The van der Waals surface area contributed by atoms with Gasteiger partial charge in [-0.2, -0.15) is 0 Å². The molecule has 1 amide bonds. The number of amides is 1. The zero-order valence-corrected chi connectivity index (χ0v) is 28.4. The van der Waals surface area contributed by atoms with E-state index in [1.54, 1.807) is 60.7 Å². The van der Waals surface area contributed by atoms with Crippen molar-refractivity contribution in [2.24, 2.45) is 0 Å². The lowest BCUT2D eigenvalue weighted by Gasteiger charge is -2.39. The molecule has 0 saturated carbocycles. The first-order valence-corrected chi connectivity index (χ1v) is 16.9. The van der Waals surface area contributed by atoms with E-state index in [1.165, 1.54) is 24.3 Å². The number of aliphatic hydroxyl groups excluding tert-OH is 3. The van der Waals surface area contributed by atoms with Crippen LogP contribution in [0.5, 0.6) is 28.7 Å². The first-order chi connectivity index (χ1) is 26.2. The smallest absolute Gasteiger partial charge is 0.256 e. The quantitative estimate of drug-likeness (QED) is 0.0992. The maximum atomic E-state index is 13.5. The molecule has 54 heavy (non-hydrogen) atoms. The van der Waals surface area contributed by atoms with Crippen LogP contribution in [0, 0.1) is 0 Å². The predicted molar refractivity (Wildman–Crippen MR) is 195 cm³/mol. The minimum Gasteiger partial charge on any atom is -0.506 e. The maximum Gasteiger partial charge on any atom is 0.256 e. The van der Waals surface area contributed by atoms with E-state index in [0.29, 0.717) is 23.5 Å². The third-order valence-corrected chi connectivity index (χ3v) is 8.76. The van der Waals surface area contributed by atoms with Gasteiger partial charge in [-0.15, -0.1) is 0 Å². The maximum absolute atomic E-state index is 13.5. The van der Waals surface area contributed by atoms with Crippen LogP contribution < -0.4 is 25.0 Å². The zero-order chi connectivity index (χ0) is 37.8. The number of nitrogens with one attached hydrogen (secondary N) is 1. The van der Waals surface area contributed by atoms with Gasteiger partial charge in [0.1, 0.15) is 59.8 Å². The minimum atomic E-state index is -1.93. The molecule has 13 nitrogen and oxygen atoms in total. The number of hydrogen-bond donors (Lipinski definition) is 6. The summed E-state index contributed by atoms with van der Waals surface area (Å²) in [6.07, 6.45) is -9.36. The van der Waals surface area contributed by atoms with Crippen molar-refractivity contribution in [3.05, 3.63) is 143 Å². The van der Waals surface area contributed by atoms with Gasteiger partial charge in [0.05, 0.1) is 5.69 Å². The number of ether oxygens (including phenoxy) is 4. The molecule has 0 bridgehead atoms. The summed E-state index contributed by atoms with van der Waals surface area (Å²) >= 11 is 0. The molecule has 1 saturated heterocycles. The van der Waals surface area contributed by atoms with E-state index in [9.17, 15) is 35.1 Å². The van der Waals surface area contributed by atoms with Gasteiger partial charge in [-0.1, -0.05) is 72.8 Å². The van der Waals surface area contributed by atoms with E-state index in [0.717, 1.165) is 5.56 Å². The van der Waals surface area contributed by atoms with Crippen molar-refractivity contribution in [3.8, 4) is 40.1 Å². The second kappa shape index (κ2) is 15.7. The number of phenolic OH excluding ortho intramolecular Hbond substituents is 2. The Bertz CT molecular complexity index is 2300. The lowest BCUT2D eigenvalue weighted by Crippen LogP contribution is -2.62. The number of aliphatic hydroxyl groups is 3. The fourth-order valence-corrected chi connectivity index (χ4v) is 5.89. The standard InChI is InChI=1S/C41H35NO12/c43-28-14-8-7-13-27(28)42-40(49)39-36(47)35(46)37(48)41(54-39)53-32-20-31-33(34(45)38(32)51-22-24-11-5-2-6-12-24)29(44)19-30(52-31)25-15-17-26(18-16-25)50-21-23-9-3-1-4-10-23/h1-20,35-37,39,41,43,45-48H,21-22H2,(H,42,49). The van der Waals surface area contributed by atoms with Gasteiger partial charge in [0, 0.05) is 17.7 Å². The van der Waals surface area contributed by atoms with Crippen molar-refractivity contribution in [2.45, 2.75) is 43.9 Å². The highest BCUT2D eigenvalue weighted by Gasteiger charge is 2.48. The number of fused-ring (bicyclic) bond motifs is 1. The van der Waals surface area contributed by atoms with Gasteiger partial charge in [-0.3, -0.25) is 9.59 Å². The molecule has 0 radical (unpaired) electrons. The van der Waals surface area contributed by atoms with Crippen molar-refractivity contribution in [3.63, 3.8) is 0 Å². The molecular formula is C41H35NO12. The second-order valence-electron chi connectivity index (χ2n) is 12.5. The average molecular weight is 734 g/mol. The topological polar surface area (TPSA) is 197 Å². The zero-order valence-electron chi connectivity index (χ0n) is 28.4. The second-order valence-corrected chi connectivity index (χ2v) is 12.5. The summed E-state index contributed by atoms with van der Waals surface area (Å²) < 4.78 is 29.6. The van der Waals surface area contributed by atoms with Crippen LogP contribution in [-0.4, -0.2) is 62.1 Å². The van der Waals surface area contributed by atoms with E-state index in [2.05, 4.69) is 5.32 Å². The lowest BCUT2D eigenvalue weighted by atomic mass is 9.98. The fraction of sp³-hybridized carbons (Fsp3) is 0.171. The van der Waals surface area contributed by atoms with Crippen LogP contribution in [0.25, 0.3) is 22.3 Å². The average Bonchev–Trinajstić information content (AvgIpc) is 3.18. The van der Waals surface area contributed by atoms with Crippen LogP contribution in [0.4, 0.5) is 5.69 Å². The molecule has 6 aromatic rings. The monoisotopic (exact) mass is 733 g/mol. The summed E-state index contributed by atoms with van der Waals surface area (Å²) in [7, 11) is 0. The lowest BCUT2D eigenvalue weighted by molar-refractivity contribution is -0.265. The van der Waals surface area contributed by atoms with Gasteiger partial charge in [0.15, 0.2) is 23.0 Å². The molecule has 6 N–H and O–H groups in total. The Morgan fingerprint density at radius 1 is 0.722 bits per heavy atom. The molecule has 1 aliphatic rings. The van der Waals surface area contributed by atoms with Crippen LogP contribution in [-0.2, 0) is 22.7 Å². The first-order valence-electron chi connectivity index (χ1n) is 16.9. The van der Waals surface area contributed by atoms with E-state index in [4.69, 9.17) is 23.4 Å². The third-order valence-electron chi connectivity index (χ3n) is 8.76. The van der Waals surface area contributed by atoms with E-state index in [-0.39, 0.29) is 46.3 Å². The van der Waals surface area contributed by atoms with E-state index in [1.807, 2.05) is 36.4 Å². The Morgan fingerprint density at radius 2 is 1.35 bits per heavy atom. The number of benzene rings is 5. The number of anilines is 1. The Morgan fingerprint density at radius 3 is 2.02 bits per heavy atom. The fourth-order valence-electron chi connectivity index (χ4n) is 5.89. The molecule has 276 valence electrons. The Hall–Kier alpha value is -6.38. The molecule has 5 unspecified atom stereocenters. The SMILES string of the molecule is O=C(Nc1ccccc1O)C1OC(Oc2cc3oc(-c4ccc(OCc5ccccc5)cc4)cc(=O)c3c(O)c2OCc2ccccc2)C(O)C(O)C1O. The molecule has 7 rings (SSSR count). The molecule has 5 aromatic carbocycles. The summed E-state index contributed by atoms with van der Waals surface area (Å²) in [4.78, 5) is 26.7. The normalized spacial score (nSPS) is 19.6. The molecule has 0 spiro atoms. The van der Waals surface area contributed by atoms with Crippen molar-refractivity contribution in [1.29, 1.82) is 0 Å². The summed E-state index contributed by atoms with van der Waals surface area (Å²) in [5, 5.41) is 56.2. The summed E-state index contributed by atoms with van der Waals surface area (Å²) in [6, 6.07) is 33.8. The predicted octanol–water partition coefficient (Wildman–Crippen LogP) is 4.85. The molecule has 1 fully saturated rings. The molecule has 1 aromatic heterocycles. The number of carbonyl (C=O) groups excluding carboxylic acids is 1. The Labute approximate surface area is 307 Å². The van der Waals surface area contributed by atoms with Crippen LogP contribution in [0.2, 0.25) is 0 Å². The molecule has 2 heterocycles. The van der Waals surface area contributed by atoms with E-state index >= 15 is 0 Å². The first kappa shape index (κ1) is 36.0. The van der Waals surface area contributed by atoms with Gasteiger partial charge in [0.2, 0.25) is 12.0 Å². The Balaban J connectivity index is 1.21. The largest absolute Gasteiger partial charge is 0.506 e. The van der Waals surface area contributed by atoms with Crippen molar-refractivity contribution >= 4 is 22.6 Å². The van der Waals surface area contributed by atoms with Crippen LogP contribution >= 0.6 is 0 Å².